The molecule has 0 saturated heterocycles. The van der Waals surface area contributed by atoms with Crippen molar-refractivity contribution in [3.8, 4) is 0 Å². The molecule has 0 aliphatic carbocycles. The number of allylic oxidation sites excluding steroid dienone is 4. The molecule has 3 N–H and O–H groups in total. The topological polar surface area (TPSA) is 237 Å². The van der Waals surface area contributed by atoms with Gasteiger partial charge in [0.25, 0.3) is 0 Å². The number of ether oxygens (including phenoxy) is 4. The predicted molar refractivity (Wildman–Crippen MR) is 367 cm³/mol. The lowest BCUT2D eigenvalue weighted by molar-refractivity contribution is -0.161. The summed E-state index contributed by atoms with van der Waals surface area (Å²) in [4.78, 5) is 72.6. The van der Waals surface area contributed by atoms with Crippen molar-refractivity contribution in [2.75, 3.05) is 39.6 Å². The highest BCUT2D eigenvalue weighted by atomic mass is 31.2. The Bertz CT molecular complexity index is 1880. The van der Waals surface area contributed by atoms with Crippen molar-refractivity contribution in [2.24, 2.45) is 17.8 Å². The summed E-state index contributed by atoms with van der Waals surface area (Å²) in [6.07, 6.45) is 49.5. The fraction of sp³-hybridized carbons (Fsp3) is 0.889. The first-order valence-corrected chi connectivity index (χ1v) is 39.7. The van der Waals surface area contributed by atoms with Gasteiger partial charge in [-0.05, 0) is 69.1 Å². The van der Waals surface area contributed by atoms with Gasteiger partial charge in [0, 0.05) is 25.7 Å². The second kappa shape index (κ2) is 62.4. The largest absolute Gasteiger partial charge is 0.472 e. The Morgan fingerprint density at radius 2 is 0.648 bits per heavy atom. The Balaban J connectivity index is 5.26. The second-order valence-corrected chi connectivity index (χ2v) is 29.2. The normalized spacial score (nSPS) is 14.9. The highest BCUT2D eigenvalue weighted by Crippen LogP contribution is 2.45. The average Bonchev–Trinajstić information content (AvgIpc) is 2.71. The standard InChI is InChI=1S/C72H136O17P2/c1-8-11-12-13-14-15-16-17-18-21-24-27-30-39-46-53-69(74)82-59-68(89-72(77)56-49-42-35-33-38-45-52-65(7)10-3)62-87-91(80,81)85-58-66(73)57-84-90(78,79)86-61-67(60-83-70(75)54-47-40-34-32-37-44-51-64(6)9-2)88-71(76)55-48-41-31-28-25-22-19-20-23-26-29-36-43-50-63(4)5/h15-18,63-68,73H,8-14,19-62H2,1-7H3,(H,78,79)(H,80,81)/b16-15-,18-17-/t64?,65?,66-,67+,68+/m0/s1. The van der Waals surface area contributed by atoms with E-state index < -0.39 is 97.5 Å². The Hall–Kier alpha value is -2.46. The summed E-state index contributed by atoms with van der Waals surface area (Å²) in [5.41, 5.74) is 0. The van der Waals surface area contributed by atoms with Crippen LogP contribution < -0.4 is 0 Å². The first-order chi connectivity index (χ1) is 43.8. The maximum Gasteiger partial charge on any atom is 0.472 e. The van der Waals surface area contributed by atoms with Crippen LogP contribution in [0.2, 0.25) is 0 Å². The van der Waals surface area contributed by atoms with Gasteiger partial charge < -0.3 is 33.8 Å². The number of rotatable bonds is 68. The zero-order valence-electron chi connectivity index (χ0n) is 58.8. The van der Waals surface area contributed by atoms with Crippen molar-refractivity contribution in [2.45, 2.75) is 356 Å². The summed E-state index contributed by atoms with van der Waals surface area (Å²) in [7, 11) is -9.92. The Labute approximate surface area is 554 Å². The fourth-order valence-corrected chi connectivity index (χ4v) is 11.9. The molecule has 0 spiro atoms. The molecule has 0 radical (unpaired) electrons. The molecular formula is C72H136O17P2. The number of hydrogen-bond donors (Lipinski definition) is 3. The third-order valence-electron chi connectivity index (χ3n) is 16.7. The van der Waals surface area contributed by atoms with E-state index in [4.69, 9.17) is 37.0 Å². The lowest BCUT2D eigenvalue weighted by atomic mass is 10.00. The summed E-state index contributed by atoms with van der Waals surface area (Å²) in [5, 5.41) is 10.6. The summed E-state index contributed by atoms with van der Waals surface area (Å²) in [6, 6.07) is 0. The summed E-state index contributed by atoms with van der Waals surface area (Å²) < 4.78 is 68.3. The van der Waals surface area contributed by atoms with Crippen LogP contribution in [0.1, 0.15) is 337 Å². The fourth-order valence-electron chi connectivity index (χ4n) is 10.3. The van der Waals surface area contributed by atoms with E-state index in [0.717, 1.165) is 127 Å². The van der Waals surface area contributed by atoms with Crippen molar-refractivity contribution in [1.29, 1.82) is 0 Å². The van der Waals surface area contributed by atoms with E-state index >= 15 is 0 Å². The zero-order chi connectivity index (χ0) is 67.3. The molecule has 0 amide bonds. The minimum absolute atomic E-state index is 0.0957. The highest BCUT2D eigenvalue weighted by molar-refractivity contribution is 7.47. The molecule has 0 aromatic carbocycles. The molecule has 4 unspecified atom stereocenters. The van der Waals surface area contributed by atoms with Crippen LogP contribution in [0.3, 0.4) is 0 Å². The minimum Gasteiger partial charge on any atom is -0.462 e. The number of aliphatic hydroxyl groups excluding tert-OH is 1. The van der Waals surface area contributed by atoms with Gasteiger partial charge in [-0.2, -0.15) is 0 Å². The van der Waals surface area contributed by atoms with E-state index in [1.807, 2.05) is 0 Å². The van der Waals surface area contributed by atoms with Crippen LogP contribution >= 0.6 is 15.6 Å². The number of carbonyl (C=O) groups is 4. The van der Waals surface area contributed by atoms with E-state index in [9.17, 15) is 43.2 Å². The quantitative estimate of drug-likeness (QED) is 0.0169. The summed E-state index contributed by atoms with van der Waals surface area (Å²) in [5.74, 6) is 0.0726. The molecule has 0 saturated carbocycles. The molecule has 0 rings (SSSR count). The molecule has 0 aromatic rings. The van der Waals surface area contributed by atoms with Crippen LogP contribution in [0.5, 0.6) is 0 Å². The zero-order valence-corrected chi connectivity index (χ0v) is 60.6. The van der Waals surface area contributed by atoms with Crippen molar-refractivity contribution < 1.29 is 80.2 Å². The molecule has 7 atom stereocenters. The third-order valence-corrected chi connectivity index (χ3v) is 18.6. The highest BCUT2D eigenvalue weighted by Gasteiger charge is 2.30. The first kappa shape index (κ1) is 88.5. The SMILES string of the molecule is CCCCCC/C=C\C=C/CCCCCCCC(=O)OC[C@H](COP(=O)(O)OC[C@@H](O)COP(=O)(O)OC[C@@H](COC(=O)CCCCCCCCC(C)CC)OC(=O)CCCCCCCCCCCCCCCC(C)C)OC(=O)CCCCCCCCC(C)CC. The van der Waals surface area contributed by atoms with Crippen molar-refractivity contribution in [3.05, 3.63) is 24.3 Å². The van der Waals surface area contributed by atoms with Gasteiger partial charge >= 0.3 is 39.5 Å². The number of aliphatic hydroxyl groups is 1. The van der Waals surface area contributed by atoms with Gasteiger partial charge in [0.15, 0.2) is 12.2 Å². The van der Waals surface area contributed by atoms with Gasteiger partial charge in [0.05, 0.1) is 26.4 Å². The number of esters is 4. The van der Waals surface area contributed by atoms with Crippen molar-refractivity contribution in [1.82, 2.24) is 0 Å². The van der Waals surface area contributed by atoms with E-state index in [2.05, 4.69) is 72.8 Å². The number of hydrogen-bond acceptors (Lipinski definition) is 15. The van der Waals surface area contributed by atoms with Crippen LogP contribution in [-0.2, 0) is 65.4 Å². The van der Waals surface area contributed by atoms with Crippen molar-refractivity contribution >= 4 is 39.5 Å². The summed E-state index contributed by atoms with van der Waals surface area (Å²) >= 11 is 0. The third kappa shape index (κ3) is 63.4. The molecular weight excluding hydrogens is 1200 g/mol. The molecule has 0 aliphatic rings. The lowest BCUT2D eigenvalue weighted by Gasteiger charge is -2.21. The first-order valence-electron chi connectivity index (χ1n) is 36.7. The maximum atomic E-state index is 13.0. The number of unbranched alkanes of at least 4 members (excludes halogenated alkanes) is 31. The number of carbonyl (C=O) groups excluding carboxylic acids is 4. The van der Waals surface area contributed by atoms with Crippen molar-refractivity contribution in [3.63, 3.8) is 0 Å². The van der Waals surface area contributed by atoms with Crippen LogP contribution in [0.15, 0.2) is 24.3 Å². The summed E-state index contributed by atoms with van der Waals surface area (Å²) in [6.45, 7) is 11.7. The Morgan fingerprint density at radius 3 is 0.978 bits per heavy atom. The van der Waals surface area contributed by atoms with E-state index in [1.54, 1.807) is 0 Å². The molecule has 19 heteroatoms. The maximum absolute atomic E-state index is 13.0. The van der Waals surface area contributed by atoms with Gasteiger partial charge in [-0.3, -0.25) is 37.3 Å². The van der Waals surface area contributed by atoms with Gasteiger partial charge in [0.1, 0.15) is 19.3 Å². The Morgan fingerprint density at radius 1 is 0.363 bits per heavy atom. The average molecular weight is 1340 g/mol. The van der Waals surface area contributed by atoms with Crippen LogP contribution in [0.25, 0.3) is 0 Å². The second-order valence-electron chi connectivity index (χ2n) is 26.3. The minimum atomic E-state index is -4.96. The number of phosphoric acid groups is 2. The van der Waals surface area contributed by atoms with Crippen LogP contribution in [-0.4, -0.2) is 96.7 Å². The molecule has 17 nitrogen and oxygen atoms in total. The van der Waals surface area contributed by atoms with Crippen LogP contribution in [0, 0.1) is 17.8 Å². The molecule has 0 bridgehead atoms. The van der Waals surface area contributed by atoms with Gasteiger partial charge in [0.2, 0.25) is 0 Å². The van der Waals surface area contributed by atoms with E-state index in [1.165, 1.54) is 122 Å². The van der Waals surface area contributed by atoms with E-state index in [-0.39, 0.29) is 25.7 Å². The predicted octanol–water partition coefficient (Wildman–Crippen LogP) is 20.2. The Kier molecular flexibility index (Phi) is 60.7. The molecule has 0 heterocycles. The van der Waals surface area contributed by atoms with Gasteiger partial charge in [-0.15, -0.1) is 0 Å². The molecule has 0 aromatic heterocycles. The molecule has 0 fully saturated rings. The van der Waals surface area contributed by atoms with Crippen LogP contribution in [0.4, 0.5) is 0 Å². The molecule has 91 heavy (non-hydrogen) atoms. The smallest absolute Gasteiger partial charge is 0.462 e. The molecule has 536 valence electrons. The van der Waals surface area contributed by atoms with Gasteiger partial charge in [-0.1, -0.05) is 285 Å². The van der Waals surface area contributed by atoms with E-state index in [0.29, 0.717) is 31.6 Å². The lowest BCUT2D eigenvalue weighted by Crippen LogP contribution is -2.30. The molecule has 0 aliphatic heterocycles. The van der Waals surface area contributed by atoms with Gasteiger partial charge in [-0.25, -0.2) is 9.13 Å². The monoisotopic (exact) mass is 1330 g/mol. The number of phosphoric ester groups is 2.